The topological polar surface area (TPSA) is 92.5 Å². The summed E-state index contributed by atoms with van der Waals surface area (Å²) in [6, 6.07) is -0.724. The molecule has 0 aliphatic carbocycles. The third-order valence-electron chi connectivity index (χ3n) is 2.42. The second kappa shape index (κ2) is 7.62. The van der Waals surface area contributed by atoms with Crippen molar-refractivity contribution in [1.82, 2.24) is 9.62 Å². The summed E-state index contributed by atoms with van der Waals surface area (Å²) in [6.45, 7) is 6.74. The highest BCUT2D eigenvalue weighted by Crippen LogP contribution is 1.98. The van der Waals surface area contributed by atoms with Crippen LogP contribution in [0.25, 0.3) is 0 Å². The first-order valence-electron chi connectivity index (χ1n) is 5.86. The first-order valence-corrected chi connectivity index (χ1v) is 7.52. The van der Waals surface area contributed by atoms with E-state index in [0.29, 0.717) is 26.1 Å². The second-order valence-corrected chi connectivity index (χ2v) is 5.68. The fraction of sp³-hybridized carbons (Fsp3) is 0.900. The molecule has 0 aromatic heterocycles. The van der Waals surface area contributed by atoms with E-state index in [9.17, 15) is 13.2 Å². The van der Waals surface area contributed by atoms with E-state index in [1.807, 2.05) is 13.8 Å². The summed E-state index contributed by atoms with van der Waals surface area (Å²) < 4.78 is 25.5. The van der Waals surface area contributed by atoms with Crippen molar-refractivity contribution in [1.29, 1.82) is 0 Å². The first-order chi connectivity index (χ1) is 7.87. The first kappa shape index (κ1) is 16.3. The normalized spacial score (nSPS) is 13.4. The van der Waals surface area contributed by atoms with Crippen LogP contribution < -0.4 is 10.5 Å². The van der Waals surface area contributed by atoms with Crippen LogP contribution in [0, 0.1) is 0 Å². The van der Waals surface area contributed by atoms with Crippen LogP contribution >= 0.6 is 0 Å². The summed E-state index contributed by atoms with van der Waals surface area (Å²) in [6.07, 6.45) is 0.390. The second-order valence-electron chi connectivity index (χ2n) is 3.81. The van der Waals surface area contributed by atoms with Crippen molar-refractivity contribution in [2.75, 3.05) is 25.4 Å². The Balaban J connectivity index is 4.42. The molecule has 0 aliphatic heterocycles. The predicted octanol–water partition coefficient (Wildman–Crippen LogP) is -0.488. The van der Waals surface area contributed by atoms with Gasteiger partial charge in [0.2, 0.25) is 15.9 Å². The average molecular weight is 265 g/mol. The van der Waals surface area contributed by atoms with E-state index in [1.165, 1.54) is 0 Å². The van der Waals surface area contributed by atoms with Crippen molar-refractivity contribution in [3.05, 3.63) is 0 Å². The Morgan fingerprint density at radius 1 is 1.35 bits per heavy atom. The molecule has 0 bridgehead atoms. The van der Waals surface area contributed by atoms with Crippen LogP contribution in [0.4, 0.5) is 0 Å². The lowest BCUT2D eigenvalue weighted by Crippen LogP contribution is -2.47. The summed E-state index contributed by atoms with van der Waals surface area (Å²) in [5, 5.41) is 0. The molecule has 0 rings (SSSR count). The van der Waals surface area contributed by atoms with Gasteiger partial charge in [-0.05, 0) is 33.7 Å². The highest BCUT2D eigenvalue weighted by molar-refractivity contribution is 7.89. The quantitative estimate of drug-likeness (QED) is 0.619. The highest BCUT2D eigenvalue weighted by Gasteiger charge is 2.22. The molecule has 0 heterocycles. The molecule has 7 heteroatoms. The van der Waals surface area contributed by atoms with Gasteiger partial charge in [0.1, 0.15) is 0 Å². The van der Waals surface area contributed by atoms with Crippen LogP contribution in [0.1, 0.15) is 27.2 Å². The molecule has 17 heavy (non-hydrogen) atoms. The van der Waals surface area contributed by atoms with Crippen LogP contribution in [0.15, 0.2) is 0 Å². The number of hydrogen-bond acceptors (Lipinski definition) is 4. The molecule has 102 valence electrons. The molecular weight excluding hydrogens is 242 g/mol. The van der Waals surface area contributed by atoms with E-state index in [2.05, 4.69) is 4.72 Å². The number of likely N-dealkylation sites (N-methyl/N-ethyl adjacent to an activating group) is 1. The number of carbonyl (C=O) groups excluding carboxylic acids is 1. The summed E-state index contributed by atoms with van der Waals surface area (Å²) in [5.74, 6) is -0.245. The maximum atomic E-state index is 11.8. The third-order valence-corrected chi connectivity index (χ3v) is 3.96. The highest BCUT2D eigenvalue weighted by atomic mass is 32.2. The Kier molecular flexibility index (Phi) is 7.33. The monoisotopic (exact) mass is 265 g/mol. The smallest absolute Gasteiger partial charge is 0.240 e. The van der Waals surface area contributed by atoms with Crippen molar-refractivity contribution < 1.29 is 13.2 Å². The molecule has 0 aromatic rings. The van der Waals surface area contributed by atoms with Gasteiger partial charge in [0.25, 0.3) is 0 Å². The minimum absolute atomic E-state index is 0.0423. The van der Waals surface area contributed by atoms with Gasteiger partial charge in [-0.3, -0.25) is 4.79 Å². The standard InChI is InChI=1S/C10H23N3O3S/c1-4-13(5-2)10(14)9(3)12-17(15,16)8-6-7-11/h9,12H,4-8,11H2,1-3H3. The van der Waals surface area contributed by atoms with Crippen molar-refractivity contribution in [3.63, 3.8) is 0 Å². The lowest BCUT2D eigenvalue weighted by molar-refractivity contribution is -0.132. The summed E-state index contributed by atoms with van der Waals surface area (Å²) >= 11 is 0. The zero-order chi connectivity index (χ0) is 13.5. The minimum Gasteiger partial charge on any atom is -0.342 e. The average Bonchev–Trinajstić information content (AvgIpc) is 2.27. The van der Waals surface area contributed by atoms with E-state index in [1.54, 1.807) is 11.8 Å². The van der Waals surface area contributed by atoms with Gasteiger partial charge in [0, 0.05) is 13.1 Å². The number of sulfonamides is 1. The molecule has 0 saturated heterocycles. The zero-order valence-electron chi connectivity index (χ0n) is 10.8. The molecule has 3 N–H and O–H groups in total. The van der Waals surface area contributed by atoms with E-state index >= 15 is 0 Å². The number of amides is 1. The van der Waals surface area contributed by atoms with Gasteiger partial charge in [0.15, 0.2) is 0 Å². The molecule has 1 amide bonds. The summed E-state index contributed by atoms with van der Waals surface area (Å²) in [5.41, 5.74) is 5.25. The van der Waals surface area contributed by atoms with Gasteiger partial charge in [-0.15, -0.1) is 0 Å². The van der Waals surface area contributed by atoms with Crippen molar-refractivity contribution in [3.8, 4) is 0 Å². The van der Waals surface area contributed by atoms with Gasteiger partial charge in [-0.1, -0.05) is 0 Å². The molecule has 0 spiro atoms. The van der Waals surface area contributed by atoms with Crippen LogP contribution in [-0.2, 0) is 14.8 Å². The molecule has 0 fully saturated rings. The number of hydrogen-bond donors (Lipinski definition) is 2. The molecule has 0 aliphatic rings. The molecular formula is C10H23N3O3S. The molecule has 6 nitrogen and oxygen atoms in total. The number of nitrogens with two attached hydrogens (primary N) is 1. The third kappa shape index (κ3) is 5.99. The Morgan fingerprint density at radius 2 is 1.88 bits per heavy atom. The maximum Gasteiger partial charge on any atom is 0.240 e. The molecule has 1 unspecified atom stereocenters. The number of rotatable bonds is 8. The molecule has 0 aromatic carbocycles. The van der Waals surface area contributed by atoms with Crippen molar-refractivity contribution >= 4 is 15.9 Å². The van der Waals surface area contributed by atoms with E-state index < -0.39 is 16.1 Å². The van der Waals surface area contributed by atoms with Crippen molar-refractivity contribution in [2.45, 2.75) is 33.2 Å². The molecule has 1 atom stereocenters. The van der Waals surface area contributed by atoms with E-state index in [-0.39, 0.29) is 11.7 Å². The lowest BCUT2D eigenvalue weighted by atomic mass is 10.3. The van der Waals surface area contributed by atoms with Gasteiger partial charge < -0.3 is 10.6 Å². The molecule has 0 radical (unpaired) electrons. The lowest BCUT2D eigenvalue weighted by Gasteiger charge is -2.23. The summed E-state index contributed by atoms with van der Waals surface area (Å²) in [7, 11) is -3.42. The molecule has 0 saturated carbocycles. The SMILES string of the molecule is CCN(CC)C(=O)C(C)NS(=O)(=O)CCCN. The Labute approximate surface area is 104 Å². The number of nitrogens with zero attached hydrogens (tertiary/aromatic N) is 1. The van der Waals surface area contributed by atoms with Gasteiger partial charge in [-0.2, -0.15) is 0 Å². The fourth-order valence-electron chi connectivity index (χ4n) is 1.46. The number of nitrogens with one attached hydrogen (secondary N) is 1. The van der Waals surface area contributed by atoms with E-state index in [0.717, 1.165) is 0 Å². The zero-order valence-corrected chi connectivity index (χ0v) is 11.6. The van der Waals surface area contributed by atoms with Crippen LogP contribution in [0.5, 0.6) is 0 Å². The maximum absolute atomic E-state index is 11.8. The largest absolute Gasteiger partial charge is 0.342 e. The Morgan fingerprint density at radius 3 is 2.29 bits per heavy atom. The van der Waals surface area contributed by atoms with E-state index in [4.69, 9.17) is 5.73 Å². The fourth-order valence-corrected chi connectivity index (χ4v) is 2.77. The van der Waals surface area contributed by atoms with Gasteiger partial charge in [0.05, 0.1) is 11.8 Å². The van der Waals surface area contributed by atoms with Crippen molar-refractivity contribution in [2.24, 2.45) is 5.73 Å². The van der Waals surface area contributed by atoms with Crippen LogP contribution in [0.2, 0.25) is 0 Å². The minimum atomic E-state index is -3.42. The Hall–Kier alpha value is -0.660. The van der Waals surface area contributed by atoms with Gasteiger partial charge in [-0.25, -0.2) is 13.1 Å². The van der Waals surface area contributed by atoms with Gasteiger partial charge >= 0.3 is 0 Å². The van der Waals surface area contributed by atoms with Crippen LogP contribution in [-0.4, -0.2) is 50.7 Å². The summed E-state index contributed by atoms with van der Waals surface area (Å²) in [4.78, 5) is 13.4. The predicted molar refractivity (Wildman–Crippen MR) is 68.0 cm³/mol. The van der Waals surface area contributed by atoms with Crippen LogP contribution in [0.3, 0.4) is 0 Å². The Bertz CT molecular complexity index is 326. The number of carbonyl (C=O) groups is 1.